The van der Waals surface area contributed by atoms with E-state index < -0.39 is 0 Å². The molecule has 0 atom stereocenters. The third-order valence-electron chi connectivity index (χ3n) is 1.02. The lowest BCUT2D eigenvalue weighted by Gasteiger charge is -2.06. The van der Waals surface area contributed by atoms with E-state index in [1.54, 1.807) is 0 Å². The van der Waals surface area contributed by atoms with Crippen molar-refractivity contribution in [2.75, 3.05) is 6.61 Å². The molecule has 0 aromatic rings. The maximum Gasteiger partial charge on any atom is 0.309 e. The Bertz CT molecular complexity index is 148. The highest BCUT2D eigenvalue weighted by atomic mass is 16.5. The van der Waals surface area contributed by atoms with Crippen LogP contribution < -0.4 is 0 Å². The number of rotatable bonds is 4. The number of carbonyl (C=O) groups is 1. The number of hydrogen-bond acceptors (Lipinski definition) is 2. The Kier molecular flexibility index (Phi) is 4.59. The second-order valence-corrected chi connectivity index (χ2v) is 3.21. The van der Waals surface area contributed by atoms with Gasteiger partial charge in [-0.05, 0) is 12.8 Å². The molecular formula is C9H16O2. The van der Waals surface area contributed by atoms with E-state index in [-0.39, 0.29) is 5.97 Å². The Hall–Kier alpha value is -0.790. The molecule has 0 fully saturated rings. The van der Waals surface area contributed by atoms with Gasteiger partial charge in [0, 0.05) is 0 Å². The van der Waals surface area contributed by atoms with Gasteiger partial charge in [-0.2, -0.15) is 0 Å². The molecule has 0 unspecified atom stereocenters. The molecule has 0 radical (unpaired) electrons. The summed E-state index contributed by atoms with van der Waals surface area (Å²) in [5.74, 6) is 0.232. The van der Waals surface area contributed by atoms with Crippen LogP contribution in [0.25, 0.3) is 0 Å². The van der Waals surface area contributed by atoms with E-state index in [4.69, 9.17) is 4.74 Å². The zero-order chi connectivity index (χ0) is 8.85. The van der Waals surface area contributed by atoms with Crippen LogP contribution >= 0.6 is 0 Å². The normalized spacial score (nSPS) is 9.82. The van der Waals surface area contributed by atoms with Crippen molar-refractivity contribution in [3.63, 3.8) is 0 Å². The molecule has 0 bridgehead atoms. The van der Waals surface area contributed by atoms with Crippen molar-refractivity contribution in [3.05, 3.63) is 12.2 Å². The molecule has 2 heteroatoms. The first-order valence-corrected chi connectivity index (χ1v) is 3.82. The molecule has 2 nitrogen and oxygen atoms in total. The summed E-state index contributed by atoms with van der Waals surface area (Å²) in [6, 6.07) is 0. The highest BCUT2D eigenvalue weighted by molar-refractivity contribution is 5.72. The van der Waals surface area contributed by atoms with E-state index in [2.05, 4.69) is 6.58 Å². The average Bonchev–Trinajstić information content (AvgIpc) is 1.82. The summed E-state index contributed by atoms with van der Waals surface area (Å²) in [6.07, 6.45) is 0.340. The van der Waals surface area contributed by atoms with Crippen LogP contribution in [0, 0.1) is 5.92 Å². The summed E-state index contributed by atoms with van der Waals surface area (Å²) in [4.78, 5) is 10.9. The van der Waals surface area contributed by atoms with Crippen LogP contribution in [0.5, 0.6) is 0 Å². The second kappa shape index (κ2) is 4.94. The largest absolute Gasteiger partial charge is 0.465 e. The quantitative estimate of drug-likeness (QED) is 0.460. The summed E-state index contributed by atoms with van der Waals surface area (Å²) < 4.78 is 4.91. The first kappa shape index (κ1) is 10.2. The summed E-state index contributed by atoms with van der Waals surface area (Å²) in [7, 11) is 0. The fourth-order valence-electron chi connectivity index (χ4n) is 0.557. The molecule has 64 valence electrons. The van der Waals surface area contributed by atoms with Crippen molar-refractivity contribution in [1.82, 2.24) is 0 Å². The summed E-state index contributed by atoms with van der Waals surface area (Å²) >= 11 is 0. The lowest BCUT2D eigenvalue weighted by molar-refractivity contribution is -0.143. The van der Waals surface area contributed by atoms with E-state index >= 15 is 0 Å². The van der Waals surface area contributed by atoms with Crippen molar-refractivity contribution in [1.29, 1.82) is 0 Å². The van der Waals surface area contributed by atoms with Gasteiger partial charge in [0.2, 0.25) is 0 Å². The Balaban J connectivity index is 3.46. The smallest absolute Gasteiger partial charge is 0.309 e. The van der Waals surface area contributed by atoms with E-state index in [1.807, 2.05) is 20.8 Å². The zero-order valence-corrected chi connectivity index (χ0v) is 7.52. The first-order valence-electron chi connectivity index (χ1n) is 3.82. The Morgan fingerprint density at radius 1 is 1.55 bits per heavy atom. The van der Waals surface area contributed by atoms with Gasteiger partial charge in [0.15, 0.2) is 0 Å². The van der Waals surface area contributed by atoms with Gasteiger partial charge in [-0.3, -0.25) is 4.79 Å². The van der Waals surface area contributed by atoms with E-state index in [0.717, 1.165) is 5.57 Å². The number of hydrogen-bond donors (Lipinski definition) is 0. The van der Waals surface area contributed by atoms with Gasteiger partial charge in [-0.25, -0.2) is 0 Å². The Morgan fingerprint density at radius 3 is 2.45 bits per heavy atom. The maximum atomic E-state index is 10.9. The molecule has 0 heterocycles. The third-order valence-corrected chi connectivity index (χ3v) is 1.02. The van der Waals surface area contributed by atoms with E-state index in [1.165, 1.54) is 0 Å². The second-order valence-electron chi connectivity index (χ2n) is 3.21. The van der Waals surface area contributed by atoms with Crippen molar-refractivity contribution in [2.24, 2.45) is 5.92 Å². The molecule has 0 saturated carbocycles. The molecule has 0 N–H and O–H groups in total. The lowest BCUT2D eigenvalue weighted by Crippen LogP contribution is -2.09. The van der Waals surface area contributed by atoms with Crippen LogP contribution in [0.1, 0.15) is 27.2 Å². The van der Waals surface area contributed by atoms with Crippen LogP contribution in [-0.4, -0.2) is 12.6 Å². The first-order chi connectivity index (χ1) is 5.02. The molecule has 0 amide bonds. The van der Waals surface area contributed by atoms with E-state index in [0.29, 0.717) is 18.9 Å². The number of carbonyl (C=O) groups excluding carboxylic acids is 1. The third kappa shape index (κ3) is 7.10. The fourth-order valence-corrected chi connectivity index (χ4v) is 0.557. The monoisotopic (exact) mass is 156 g/mol. The van der Waals surface area contributed by atoms with Crippen molar-refractivity contribution >= 4 is 5.97 Å². The molecule has 0 aromatic heterocycles. The van der Waals surface area contributed by atoms with Crippen LogP contribution in [0.4, 0.5) is 0 Å². The standard InChI is InChI=1S/C9H16O2/c1-7(2)5-9(10)11-6-8(3)4/h8H,1,5-6H2,2-4H3. The van der Waals surface area contributed by atoms with Gasteiger partial charge in [0.1, 0.15) is 0 Å². The van der Waals surface area contributed by atoms with Gasteiger partial charge in [0.25, 0.3) is 0 Å². The molecular weight excluding hydrogens is 140 g/mol. The van der Waals surface area contributed by atoms with Crippen molar-refractivity contribution in [2.45, 2.75) is 27.2 Å². The molecule has 0 aliphatic rings. The topological polar surface area (TPSA) is 26.3 Å². The van der Waals surface area contributed by atoms with Gasteiger partial charge in [-0.1, -0.05) is 26.0 Å². The minimum Gasteiger partial charge on any atom is -0.465 e. The fraction of sp³-hybridized carbons (Fsp3) is 0.667. The molecule has 0 saturated heterocycles. The molecule has 0 aromatic carbocycles. The maximum absolute atomic E-state index is 10.9. The van der Waals surface area contributed by atoms with E-state index in [9.17, 15) is 4.79 Å². The van der Waals surface area contributed by atoms with Gasteiger partial charge < -0.3 is 4.74 Å². The predicted octanol–water partition coefficient (Wildman–Crippen LogP) is 2.15. The Labute approximate surface area is 68.2 Å². The predicted molar refractivity (Wildman–Crippen MR) is 45.2 cm³/mol. The molecule has 0 aliphatic carbocycles. The summed E-state index contributed by atoms with van der Waals surface area (Å²) in [5.41, 5.74) is 0.846. The van der Waals surface area contributed by atoms with Gasteiger partial charge in [-0.15, -0.1) is 0 Å². The lowest BCUT2D eigenvalue weighted by atomic mass is 10.2. The highest BCUT2D eigenvalue weighted by Gasteiger charge is 2.03. The van der Waals surface area contributed by atoms with Crippen molar-refractivity contribution < 1.29 is 9.53 Å². The highest BCUT2D eigenvalue weighted by Crippen LogP contribution is 2.00. The zero-order valence-electron chi connectivity index (χ0n) is 7.52. The van der Waals surface area contributed by atoms with Crippen LogP contribution in [-0.2, 0) is 9.53 Å². The summed E-state index contributed by atoms with van der Waals surface area (Å²) in [6.45, 7) is 9.96. The van der Waals surface area contributed by atoms with Crippen LogP contribution in [0.3, 0.4) is 0 Å². The van der Waals surface area contributed by atoms with Crippen LogP contribution in [0.2, 0.25) is 0 Å². The van der Waals surface area contributed by atoms with Crippen molar-refractivity contribution in [3.8, 4) is 0 Å². The molecule has 11 heavy (non-hydrogen) atoms. The molecule has 0 aliphatic heterocycles. The SMILES string of the molecule is C=C(C)CC(=O)OCC(C)C. The Morgan fingerprint density at radius 2 is 2.09 bits per heavy atom. The van der Waals surface area contributed by atoms with Crippen LogP contribution in [0.15, 0.2) is 12.2 Å². The molecule has 0 spiro atoms. The summed E-state index contributed by atoms with van der Waals surface area (Å²) in [5, 5.41) is 0. The van der Waals surface area contributed by atoms with Gasteiger partial charge in [0.05, 0.1) is 13.0 Å². The minimum atomic E-state index is -0.175. The minimum absolute atomic E-state index is 0.175. The molecule has 0 rings (SSSR count). The number of ether oxygens (including phenoxy) is 1. The van der Waals surface area contributed by atoms with Gasteiger partial charge >= 0.3 is 5.97 Å². The number of esters is 1. The average molecular weight is 156 g/mol.